The summed E-state index contributed by atoms with van der Waals surface area (Å²) in [6.45, 7) is 20.4. The molecule has 0 radical (unpaired) electrons. The fourth-order valence-corrected chi connectivity index (χ4v) is 5.35. The van der Waals surface area contributed by atoms with Crippen LogP contribution in [-0.2, 0) is 14.3 Å². The maximum absolute atomic E-state index is 12.7. The normalized spacial score (nSPS) is 19.9. The number of esters is 1. The highest BCUT2D eigenvalue weighted by Crippen LogP contribution is 2.48. The Kier molecular flexibility index (Phi) is 9.86. The number of rotatable bonds is 11. The molecule has 0 saturated carbocycles. The molecule has 0 aromatic rings. The Hall–Kier alpha value is -1.77. The first-order valence-electron chi connectivity index (χ1n) is 13.5. The molecule has 0 amide bonds. The van der Waals surface area contributed by atoms with Gasteiger partial charge in [0.25, 0.3) is 0 Å². The second kappa shape index (κ2) is 11.8. The van der Waals surface area contributed by atoms with E-state index in [1.165, 1.54) is 18.4 Å². The van der Waals surface area contributed by atoms with Crippen LogP contribution in [0, 0.1) is 22.7 Å². The molecule has 3 heteroatoms. The SMILES string of the molecule is CCC(C)(C)CC(C1C=CC=CC2=C1CCC=C2OCC(=O)OC(CC)(CC)CC)C(C)(C)C. The Morgan fingerprint density at radius 2 is 1.65 bits per heavy atom. The van der Waals surface area contributed by atoms with Crippen molar-refractivity contribution in [2.45, 2.75) is 113 Å². The lowest BCUT2D eigenvalue weighted by atomic mass is 9.63. The van der Waals surface area contributed by atoms with Crippen LogP contribution in [0.1, 0.15) is 107 Å². The highest BCUT2D eigenvalue weighted by Gasteiger charge is 2.38. The average Bonchev–Trinajstić information content (AvgIpc) is 3.02. The molecule has 2 unspecified atom stereocenters. The Morgan fingerprint density at radius 3 is 2.21 bits per heavy atom. The maximum Gasteiger partial charge on any atom is 0.344 e. The molecule has 2 aliphatic carbocycles. The van der Waals surface area contributed by atoms with E-state index in [2.05, 4.69) is 92.7 Å². The Bertz CT molecular complexity index is 804. The van der Waals surface area contributed by atoms with Crippen LogP contribution in [-0.4, -0.2) is 18.2 Å². The molecule has 0 bridgehead atoms. The maximum atomic E-state index is 12.7. The Labute approximate surface area is 209 Å². The summed E-state index contributed by atoms with van der Waals surface area (Å²) in [5, 5.41) is 0. The molecular formula is C31H50O3. The van der Waals surface area contributed by atoms with Crippen molar-refractivity contribution in [2.75, 3.05) is 6.61 Å². The van der Waals surface area contributed by atoms with Gasteiger partial charge in [-0.05, 0) is 61.3 Å². The summed E-state index contributed by atoms with van der Waals surface area (Å²) < 4.78 is 12.0. The van der Waals surface area contributed by atoms with Crippen LogP contribution in [0.4, 0.5) is 0 Å². The van der Waals surface area contributed by atoms with E-state index in [4.69, 9.17) is 9.47 Å². The second-order valence-electron chi connectivity index (χ2n) is 12.0. The summed E-state index contributed by atoms with van der Waals surface area (Å²) in [5.74, 6) is 1.44. The first-order chi connectivity index (χ1) is 15.9. The lowest BCUT2D eigenvalue weighted by Gasteiger charge is -2.42. The first-order valence-corrected chi connectivity index (χ1v) is 13.5. The molecule has 0 aromatic heterocycles. The predicted molar refractivity (Wildman–Crippen MR) is 143 cm³/mol. The molecule has 34 heavy (non-hydrogen) atoms. The fourth-order valence-electron chi connectivity index (χ4n) is 5.35. The van der Waals surface area contributed by atoms with Gasteiger partial charge in [0.1, 0.15) is 11.4 Å². The van der Waals surface area contributed by atoms with Crippen molar-refractivity contribution in [2.24, 2.45) is 22.7 Å². The van der Waals surface area contributed by atoms with Crippen molar-refractivity contribution in [1.82, 2.24) is 0 Å². The van der Waals surface area contributed by atoms with Gasteiger partial charge in [0.05, 0.1) is 0 Å². The molecule has 0 heterocycles. The fraction of sp³-hybridized carbons (Fsp3) is 0.710. The highest BCUT2D eigenvalue weighted by atomic mass is 16.6. The summed E-state index contributed by atoms with van der Waals surface area (Å²) in [7, 11) is 0. The molecule has 0 spiro atoms. The molecule has 0 N–H and O–H groups in total. The number of hydrogen-bond donors (Lipinski definition) is 0. The van der Waals surface area contributed by atoms with Gasteiger partial charge >= 0.3 is 5.97 Å². The monoisotopic (exact) mass is 470 g/mol. The van der Waals surface area contributed by atoms with E-state index in [0.29, 0.717) is 17.3 Å². The smallest absolute Gasteiger partial charge is 0.344 e. The predicted octanol–water partition coefficient (Wildman–Crippen LogP) is 8.72. The van der Waals surface area contributed by atoms with E-state index in [1.807, 2.05) is 0 Å². The topological polar surface area (TPSA) is 35.5 Å². The zero-order valence-electron chi connectivity index (χ0n) is 23.4. The third-order valence-corrected chi connectivity index (χ3v) is 8.33. The van der Waals surface area contributed by atoms with Crippen molar-refractivity contribution in [3.63, 3.8) is 0 Å². The largest absolute Gasteiger partial charge is 0.482 e. The van der Waals surface area contributed by atoms with Gasteiger partial charge in [0.15, 0.2) is 6.61 Å². The summed E-state index contributed by atoms with van der Waals surface area (Å²) >= 11 is 0. The first kappa shape index (κ1) is 28.5. The molecule has 192 valence electrons. The number of ether oxygens (including phenoxy) is 2. The van der Waals surface area contributed by atoms with Crippen LogP contribution >= 0.6 is 0 Å². The summed E-state index contributed by atoms with van der Waals surface area (Å²) in [4.78, 5) is 12.7. The number of allylic oxidation sites excluding steroid dienone is 6. The quantitative estimate of drug-likeness (QED) is 0.283. The molecule has 2 aliphatic rings. The van der Waals surface area contributed by atoms with Gasteiger partial charge in [-0.15, -0.1) is 0 Å². The summed E-state index contributed by atoms with van der Waals surface area (Å²) in [6, 6.07) is 0. The lowest BCUT2D eigenvalue weighted by molar-refractivity contribution is -0.165. The van der Waals surface area contributed by atoms with Crippen LogP contribution in [0.3, 0.4) is 0 Å². The number of hydrogen-bond acceptors (Lipinski definition) is 3. The molecule has 0 aliphatic heterocycles. The van der Waals surface area contributed by atoms with Gasteiger partial charge in [-0.1, -0.05) is 98.6 Å². The van der Waals surface area contributed by atoms with Crippen molar-refractivity contribution in [3.05, 3.63) is 47.3 Å². The minimum Gasteiger partial charge on any atom is -0.482 e. The molecule has 0 fully saturated rings. The summed E-state index contributed by atoms with van der Waals surface area (Å²) in [5.41, 5.74) is 2.71. The van der Waals surface area contributed by atoms with E-state index in [-0.39, 0.29) is 23.6 Å². The van der Waals surface area contributed by atoms with E-state index in [0.717, 1.165) is 43.4 Å². The van der Waals surface area contributed by atoms with Crippen molar-refractivity contribution in [1.29, 1.82) is 0 Å². The van der Waals surface area contributed by atoms with Gasteiger partial charge in [0, 0.05) is 11.5 Å². The van der Waals surface area contributed by atoms with E-state index >= 15 is 0 Å². The minimum absolute atomic E-state index is 0.0398. The van der Waals surface area contributed by atoms with Crippen LogP contribution < -0.4 is 0 Å². The molecule has 0 saturated heterocycles. The third kappa shape index (κ3) is 7.12. The highest BCUT2D eigenvalue weighted by molar-refractivity contribution is 5.71. The second-order valence-corrected chi connectivity index (χ2v) is 12.0. The van der Waals surface area contributed by atoms with Crippen LogP contribution in [0.5, 0.6) is 0 Å². The number of carbonyl (C=O) groups is 1. The van der Waals surface area contributed by atoms with E-state index in [9.17, 15) is 4.79 Å². The van der Waals surface area contributed by atoms with Gasteiger partial charge in [-0.25, -0.2) is 4.79 Å². The molecule has 3 nitrogen and oxygen atoms in total. The average molecular weight is 471 g/mol. The third-order valence-electron chi connectivity index (χ3n) is 8.33. The zero-order chi connectivity index (χ0) is 25.6. The van der Waals surface area contributed by atoms with Crippen molar-refractivity contribution in [3.8, 4) is 0 Å². The van der Waals surface area contributed by atoms with E-state index in [1.54, 1.807) is 0 Å². The molecule has 0 aromatic carbocycles. The number of carbonyl (C=O) groups excluding carboxylic acids is 1. The van der Waals surface area contributed by atoms with Crippen molar-refractivity contribution >= 4 is 5.97 Å². The Balaban J connectivity index is 2.28. The van der Waals surface area contributed by atoms with E-state index < -0.39 is 0 Å². The zero-order valence-corrected chi connectivity index (χ0v) is 23.4. The van der Waals surface area contributed by atoms with Crippen LogP contribution in [0.25, 0.3) is 0 Å². The van der Waals surface area contributed by atoms with Gasteiger partial charge in [-0.3, -0.25) is 0 Å². The van der Waals surface area contributed by atoms with Gasteiger partial charge in [-0.2, -0.15) is 0 Å². The lowest BCUT2D eigenvalue weighted by Crippen LogP contribution is -2.34. The van der Waals surface area contributed by atoms with Crippen molar-refractivity contribution < 1.29 is 14.3 Å². The van der Waals surface area contributed by atoms with Crippen LogP contribution in [0.2, 0.25) is 0 Å². The minimum atomic E-state index is -0.380. The molecule has 2 rings (SSSR count). The molecular weight excluding hydrogens is 420 g/mol. The standard InChI is InChI=1S/C31H50O3/c1-10-30(8,9)21-26(29(5,6)7)24-17-14-15-18-25-23(24)19-16-20-27(25)33-22-28(32)34-31(11-2,12-3)13-4/h14-15,17-18,20,24,26H,10-13,16,19,21-22H2,1-9H3. The van der Waals surface area contributed by atoms with Gasteiger partial charge < -0.3 is 9.47 Å². The Morgan fingerprint density at radius 1 is 1.00 bits per heavy atom. The summed E-state index contributed by atoms with van der Waals surface area (Å²) in [6.07, 6.45) is 17.8. The van der Waals surface area contributed by atoms with Gasteiger partial charge in [0.2, 0.25) is 0 Å². The van der Waals surface area contributed by atoms with Crippen LogP contribution in [0.15, 0.2) is 47.3 Å². The molecule has 2 atom stereocenters.